The van der Waals surface area contributed by atoms with Gasteiger partial charge in [-0.2, -0.15) is 39.5 Å². The number of aliphatic hydroxyl groups is 1. The van der Waals surface area contributed by atoms with Crippen molar-refractivity contribution in [1.29, 1.82) is 0 Å². The van der Waals surface area contributed by atoms with Crippen molar-refractivity contribution >= 4 is 12.0 Å². The van der Waals surface area contributed by atoms with E-state index in [4.69, 9.17) is 0 Å². The number of aldehydes is 1. The number of benzene rings is 2. The van der Waals surface area contributed by atoms with Gasteiger partial charge in [0.25, 0.3) is 5.60 Å². The number of carbonyl (C=O) groups excluding carboxylic acids is 1. The van der Waals surface area contributed by atoms with Gasteiger partial charge in [-0.15, -0.1) is 0 Å². The van der Waals surface area contributed by atoms with Crippen LogP contribution in [0.1, 0.15) is 41.1 Å². The number of fused-ring (bicyclic) bond motifs is 1. The summed E-state index contributed by atoms with van der Waals surface area (Å²) in [6.07, 6.45) is -15.4. The number of halogens is 9. The van der Waals surface area contributed by atoms with E-state index in [0.29, 0.717) is 31.3 Å². The van der Waals surface area contributed by atoms with Crippen LogP contribution in [-0.4, -0.2) is 30.3 Å². The average molecular weight is 499 g/mol. The molecule has 1 aliphatic rings. The zero-order valence-electron chi connectivity index (χ0n) is 17.2. The molecule has 0 saturated carbocycles. The summed E-state index contributed by atoms with van der Waals surface area (Å²) in [4.78, 5) is 13.3. The summed E-state index contributed by atoms with van der Waals surface area (Å²) in [6, 6.07) is 4.67. The van der Waals surface area contributed by atoms with Crippen molar-refractivity contribution in [3.63, 3.8) is 0 Å². The SMILES string of the molecule is O=CC(c1ccc(C(F)(F)F)cc1)N1CCCCc2cc(C(O)(C(F)(F)F)C(F)(F)F)ccc21. The molecule has 3 rings (SSSR count). The topological polar surface area (TPSA) is 40.5 Å². The largest absolute Gasteiger partial charge is 0.430 e. The first-order valence-electron chi connectivity index (χ1n) is 9.99. The van der Waals surface area contributed by atoms with E-state index in [2.05, 4.69) is 0 Å². The Bertz CT molecular complexity index is 1010. The molecule has 0 fully saturated rings. The Hall–Kier alpha value is -2.76. The van der Waals surface area contributed by atoms with Gasteiger partial charge in [-0.25, -0.2) is 0 Å². The van der Waals surface area contributed by atoms with Gasteiger partial charge in [-0.3, -0.25) is 0 Å². The van der Waals surface area contributed by atoms with Crippen LogP contribution in [0, 0.1) is 0 Å². The van der Waals surface area contributed by atoms with E-state index in [1.807, 2.05) is 0 Å². The average Bonchev–Trinajstić information content (AvgIpc) is 2.94. The molecule has 1 N–H and O–H groups in total. The number of rotatable bonds is 4. The van der Waals surface area contributed by atoms with Gasteiger partial charge < -0.3 is 14.8 Å². The van der Waals surface area contributed by atoms with Gasteiger partial charge in [0, 0.05) is 17.8 Å². The second-order valence-corrected chi connectivity index (χ2v) is 7.90. The number of aryl methyl sites for hydroxylation is 1. The van der Waals surface area contributed by atoms with E-state index in [1.54, 1.807) is 0 Å². The standard InChI is InChI=1S/C22H18F9NO2/c23-20(24,25)15-6-4-13(5-7-15)18(12-33)32-10-2-1-3-14-11-16(8-9-17(14)32)19(34,21(26,27)28)22(29,30)31/h4-9,11-12,18,34H,1-3,10H2. The Labute approximate surface area is 187 Å². The molecule has 0 aliphatic carbocycles. The molecule has 1 heterocycles. The fourth-order valence-electron chi connectivity index (χ4n) is 3.99. The molecule has 1 aliphatic heterocycles. The number of alkyl halides is 9. The van der Waals surface area contributed by atoms with Crippen molar-refractivity contribution < 1.29 is 49.4 Å². The van der Waals surface area contributed by atoms with Crippen molar-refractivity contribution in [2.24, 2.45) is 0 Å². The molecule has 186 valence electrons. The maximum absolute atomic E-state index is 13.3. The van der Waals surface area contributed by atoms with Crippen LogP contribution in [0.4, 0.5) is 45.2 Å². The molecule has 1 atom stereocenters. The molecule has 0 saturated heterocycles. The van der Waals surface area contributed by atoms with Gasteiger partial charge >= 0.3 is 18.5 Å². The van der Waals surface area contributed by atoms with Crippen LogP contribution in [0.5, 0.6) is 0 Å². The molecular weight excluding hydrogens is 481 g/mol. The predicted octanol–water partition coefficient (Wildman–Crippen LogP) is 6.10. The number of hydrogen-bond donors (Lipinski definition) is 1. The highest BCUT2D eigenvalue weighted by Gasteiger charge is 2.71. The summed E-state index contributed by atoms with van der Waals surface area (Å²) in [7, 11) is 0. The highest BCUT2D eigenvalue weighted by Crippen LogP contribution is 2.51. The second kappa shape index (κ2) is 8.79. The maximum Gasteiger partial charge on any atom is 0.430 e. The first-order chi connectivity index (χ1) is 15.6. The van der Waals surface area contributed by atoms with Gasteiger partial charge in [0.1, 0.15) is 12.3 Å². The van der Waals surface area contributed by atoms with Crippen LogP contribution in [0.3, 0.4) is 0 Å². The third-order valence-corrected chi connectivity index (χ3v) is 5.77. The molecule has 0 spiro atoms. The van der Waals surface area contributed by atoms with E-state index in [1.165, 1.54) is 4.90 Å². The van der Waals surface area contributed by atoms with Crippen molar-refractivity contribution in [3.8, 4) is 0 Å². The molecule has 1 unspecified atom stereocenters. The minimum Gasteiger partial charge on any atom is -0.369 e. The number of nitrogens with zero attached hydrogens (tertiary/aromatic N) is 1. The Morgan fingerprint density at radius 3 is 1.88 bits per heavy atom. The molecule has 0 amide bonds. The van der Waals surface area contributed by atoms with E-state index in [9.17, 15) is 49.4 Å². The van der Waals surface area contributed by atoms with Gasteiger partial charge in [0.2, 0.25) is 0 Å². The van der Waals surface area contributed by atoms with Gasteiger partial charge in [0.15, 0.2) is 0 Å². The fourth-order valence-corrected chi connectivity index (χ4v) is 3.99. The fraction of sp³-hybridized carbons (Fsp3) is 0.409. The van der Waals surface area contributed by atoms with E-state index < -0.39 is 41.3 Å². The number of anilines is 1. The predicted molar refractivity (Wildman–Crippen MR) is 103 cm³/mol. The molecule has 0 radical (unpaired) electrons. The summed E-state index contributed by atoms with van der Waals surface area (Å²) in [6.45, 7) is 0.180. The lowest BCUT2D eigenvalue weighted by Gasteiger charge is -2.34. The third kappa shape index (κ3) is 4.59. The highest BCUT2D eigenvalue weighted by molar-refractivity contribution is 5.71. The van der Waals surface area contributed by atoms with Crippen LogP contribution >= 0.6 is 0 Å². The highest BCUT2D eigenvalue weighted by atomic mass is 19.4. The Balaban J connectivity index is 2.07. The van der Waals surface area contributed by atoms with Crippen molar-refractivity contribution in [2.45, 2.75) is 49.4 Å². The smallest absolute Gasteiger partial charge is 0.369 e. The monoisotopic (exact) mass is 499 g/mol. The van der Waals surface area contributed by atoms with Gasteiger partial charge in [0.05, 0.1) is 5.56 Å². The summed E-state index contributed by atoms with van der Waals surface area (Å²) in [5.41, 5.74) is -7.08. The molecule has 34 heavy (non-hydrogen) atoms. The van der Waals surface area contributed by atoms with E-state index in [-0.39, 0.29) is 29.8 Å². The summed E-state index contributed by atoms with van der Waals surface area (Å²) in [5.74, 6) is 0. The zero-order chi connectivity index (χ0) is 25.5. The van der Waals surface area contributed by atoms with Gasteiger partial charge in [-0.1, -0.05) is 24.3 Å². The molecule has 2 aromatic rings. The molecule has 2 aromatic carbocycles. The lowest BCUT2D eigenvalue weighted by atomic mass is 9.89. The molecule has 12 heteroatoms. The first-order valence-corrected chi connectivity index (χ1v) is 9.99. The van der Waals surface area contributed by atoms with Crippen LogP contribution < -0.4 is 4.90 Å². The van der Waals surface area contributed by atoms with Crippen molar-refractivity contribution in [1.82, 2.24) is 0 Å². The maximum atomic E-state index is 13.3. The minimum atomic E-state index is -6.05. The van der Waals surface area contributed by atoms with E-state index >= 15 is 0 Å². The molecular formula is C22H18F9NO2. The number of hydrogen-bond acceptors (Lipinski definition) is 3. The van der Waals surface area contributed by atoms with Crippen LogP contribution in [0.15, 0.2) is 42.5 Å². The Morgan fingerprint density at radius 1 is 0.824 bits per heavy atom. The summed E-state index contributed by atoms with van der Waals surface area (Å²) in [5, 5.41) is 9.71. The molecule has 0 bridgehead atoms. The first kappa shape index (κ1) is 25.9. The van der Waals surface area contributed by atoms with E-state index in [0.717, 1.165) is 30.3 Å². The lowest BCUT2D eigenvalue weighted by Crippen LogP contribution is -2.54. The van der Waals surface area contributed by atoms with Crippen molar-refractivity contribution in [3.05, 3.63) is 64.7 Å². The summed E-state index contributed by atoms with van der Waals surface area (Å²) < 4.78 is 118. The zero-order valence-corrected chi connectivity index (χ0v) is 17.2. The van der Waals surface area contributed by atoms with Gasteiger partial charge in [-0.05, 0) is 48.6 Å². The Kier molecular flexibility index (Phi) is 6.68. The minimum absolute atomic E-state index is 0.0423. The quantitative estimate of drug-likeness (QED) is 0.408. The van der Waals surface area contributed by atoms with Crippen molar-refractivity contribution in [2.75, 3.05) is 11.4 Å². The summed E-state index contributed by atoms with van der Waals surface area (Å²) >= 11 is 0. The number of carbonyl (C=O) groups is 1. The van der Waals surface area contributed by atoms with Crippen LogP contribution in [0.2, 0.25) is 0 Å². The third-order valence-electron chi connectivity index (χ3n) is 5.77. The normalized spacial score (nSPS) is 16.6. The Morgan fingerprint density at radius 2 is 1.38 bits per heavy atom. The molecule has 3 nitrogen and oxygen atoms in total. The van der Waals surface area contributed by atoms with Crippen LogP contribution in [0.25, 0.3) is 0 Å². The lowest BCUT2D eigenvalue weighted by molar-refractivity contribution is -0.376. The van der Waals surface area contributed by atoms with Crippen LogP contribution in [-0.2, 0) is 23.0 Å². The molecule has 0 aromatic heterocycles. The second-order valence-electron chi connectivity index (χ2n) is 7.90.